The van der Waals surface area contributed by atoms with E-state index >= 15 is 0 Å². The number of hydrogen-bond donors (Lipinski definition) is 0. The minimum Gasteiger partial charge on any atom is -0.456 e. The number of carbonyl (C=O) groups excluding carboxylic acids is 1. The van der Waals surface area contributed by atoms with Crippen molar-refractivity contribution in [3.8, 4) is 11.5 Å². The van der Waals surface area contributed by atoms with Gasteiger partial charge in [0.05, 0.1) is 5.02 Å². The van der Waals surface area contributed by atoms with Gasteiger partial charge in [0.2, 0.25) is 0 Å². The molecule has 0 aliphatic heterocycles. The van der Waals surface area contributed by atoms with Crippen LogP contribution in [-0.2, 0) is 0 Å². The lowest BCUT2D eigenvalue weighted by Gasteiger charge is -2.15. The van der Waals surface area contributed by atoms with Gasteiger partial charge in [-0.05, 0) is 54.8 Å². The van der Waals surface area contributed by atoms with Crippen LogP contribution in [0.5, 0.6) is 11.5 Å². The Bertz CT molecular complexity index is 680. The Hall–Kier alpha value is -1.32. The number of halogens is 2. The van der Waals surface area contributed by atoms with Crippen molar-refractivity contribution >= 4 is 33.3 Å². The van der Waals surface area contributed by atoms with Gasteiger partial charge in [-0.1, -0.05) is 41.4 Å². The lowest BCUT2D eigenvalue weighted by atomic mass is 10.0. The molecule has 0 fully saturated rings. The van der Waals surface area contributed by atoms with Crippen molar-refractivity contribution in [3.05, 3.63) is 57.0 Å². The largest absolute Gasteiger partial charge is 0.456 e. The number of benzene rings is 2. The van der Waals surface area contributed by atoms with E-state index in [1.54, 1.807) is 18.2 Å². The molecule has 0 atom stereocenters. The minimum atomic E-state index is -0.0186. The van der Waals surface area contributed by atoms with Crippen molar-refractivity contribution < 1.29 is 9.53 Å². The van der Waals surface area contributed by atoms with E-state index in [0.717, 1.165) is 15.8 Å². The molecule has 0 saturated heterocycles. The van der Waals surface area contributed by atoms with Crippen LogP contribution in [0.25, 0.3) is 0 Å². The number of ketones is 1. The van der Waals surface area contributed by atoms with Crippen molar-refractivity contribution in [2.45, 2.75) is 26.7 Å². The molecule has 0 N–H and O–H groups in total. The van der Waals surface area contributed by atoms with E-state index in [2.05, 4.69) is 29.8 Å². The molecule has 2 aromatic rings. The maximum absolute atomic E-state index is 11.3. The number of Topliss-reactive ketones (excluding diaryl/α,β-unsaturated/α-hetero) is 1. The van der Waals surface area contributed by atoms with Crippen LogP contribution in [0, 0.1) is 0 Å². The highest BCUT2D eigenvalue weighted by Gasteiger charge is 2.12. The summed E-state index contributed by atoms with van der Waals surface area (Å²) in [6.45, 7) is 5.72. The zero-order valence-corrected chi connectivity index (χ0v) is 14.5. The molecule has 0 unspecified atom stereocenters. The molecule has 2 aromatic carbocycles. The first-order valence-electron chi connectivity index (χ1n) is 6.66. The van der Waals surface area contributed by atoms with Crippen LogP contribution in [0.15, 0.2) is 40.9 Å². The first-order chi connectivity index (χ1) is 9.88. The van der Waals surface area contributed by atoms with Gasteiger partial charge < -0.3 is 4.74 Å². The van der Waals surface area contributed by atoms with Gasteiger partial charge in [0.15, 0.2) is 5.78 Å². The van der Waals surface area contributed by atoms with Gasteiger partial charge in [-0.3, -0.25) is 4.79 Å². The summed E-state index contributed by atoms with van der Waals surface area (Å²) in [6, 6.07) is 11.0. The SMILES string of the molecule is CC(=O)c1ccc(Oc2ccc(Br)cc2C(C)C)c(Cl)c1. The van der Waals surface area contributed by atoms with E-state index in [-0.39, 0.29) is 5.78 Å². The summed E-state index contributed by atoms with van der Waals surface area (Å²) in [6.07, 6.45) is 0. The molecule has 2 nitrogen and oxygen atoms in total. The average Bonchev–Trinajstić information content (AvgIpc) is 2.42. The highest BCUT2D eigenvalue weighted by Crippen LogP contribution is 2.36. The molecule has 0 spiro atoms. The number of rotatable bonds is 4. The third-order valence-corrected chi connectivity index (χ3v) is 3.94. The summed E-state index contributed by atoms with van der Waals surface area (Å²) in [5.74, 6) is 1.62. The van der Waals surface area contributed by atoms with Gasteiger partial charge in [-0.15, -0.1) is 0 Å². The topological polar surface area (TPSA) is 26.3 Å². The molecule has 21 heavy (non-hydrogen) atoms. The Morgan fingerprint density at radius 1 is 1.14 bits per heavy atom. The molecule has 0 saturated carbocycles. The van der Waals surface area contributed by atoms with E-state index in [1.165, 1.54) is 6.92 Å². The molecule has 0 bridgehead atoms. The second-order valence-electron chi connectivity index (χ2n) is 5.14. The number of hydrogen-bond acceptors (Lipinski definition) is 2. The number of ether oxygens (including phenoxy) is 1. The van der Waals surface area contributed by atoms with E-state index in [4.69, 9.17) is 16.3 Å². The monoisotopic (exact) mass is 366 g/mol. The molecule has 0 radical (unpaired) electrons. The summed E-state index contributed by atoms with van der Waals surface area (Å²) >= 11 is 9.67. The molecule has 0 aliphatic carbocycles. The first-order valence-corrected chi connectivity index (χ1v) is 7.83. The average molecular weight is 368 g/mol. The minimum absolute atomic E-state index is 0.0186. The van der Waals surface area contributed by atoms with Crippen molar-refractivity contribution in [1.29, 1.82) is 0 Å². The van der Waals surface area contributed by atoms with Gasteiger partial charge >= 0.3 is 0 Å². The van der Waals surface area contributed by atoms with Crippen LogP contribution in [0.4, 0.5) is 0 Å². The maximum atomic E-state index is 11.3. The Labute approximate surface area is 138 Å². The summed E-state index contributed by atoms with van der Waals surface area (Å²) in [4.78, 5) is 11.3. The summed E-state index contributed by atoms with van der Waals surface area (Å²) < 4.78 is 6.94. The van der Waals surface area contributed by atoms with Gasteiger partial charge in [0, 0.05) is 10.0 Å². The fourth-order valence-corrected chi connectivity index (χ4v) is 2.58. The van der Waals surface area contributed by atoms with Gasteiger partial charge in [-0.25, -0.2) is 0 Å². The second-order valence-corrected chi connectivity index (χ2v) is 6.46. The summed E-state index contributed by atoms with van der Waals surface area (Å²) in [5, 5.41) is 0.431. The van der Waals surface area contributed by atoms with Crippen LogP contribution in [0.3, 0.4) is 0 Å². The van der Waals surface area contributed by atoms with E-state index < -0.39 is 0 Å². The predicted molar refractivity (Wildman–Crippen MR) is 89.8 cm³/mol. The van der Waals surface area contributed by atoms with Gasteiger partial charge in [-0.2, -0.15) is 0 Å². The van der Waals surface area contributed by atoms with E-state index in [1.807, 2.05) is 18.2 Å². The van der Waals surface area contributed by atoms with E-state index in [0.29, 0.717) is 22.3 Å². The Morgan fingerprint density at radius 2 is 1.81 bits per heavy atom. The fourth-order valence-electron chi connectivity index (χ4n) is 1.98. The molecule has 0 aromatic heterocycles. The van der Waals surface area contributed by atoms with Crippen molar-refractivity contribution in [2.24, 2.45) is 0 Å². The van der Waals surface area contributed by atoms with Crippen LogP contribution < -0.4 is 4.74 Å². The molecule has 0 heterocycles. The van der Waals surface area contributed by atoms with Crippen molar-refractivity contribution in [2.75, 3.05) is 0 Å². The van der Waals surface area contributed by atoms with Gasteiger partial charge in [0.1, 0.15) is 11.5 Å². The van der Waals surface area contributed by atoms with Crippen LogP contribution in [-0.4, -0.2) is 5.78 Å². The highest BCUT2D eigenvalue weighted by molar-refractivity contribution is 9.10. The molecular weight excluding hydrogens is 352 g/mol. The quantitative estimate of drug-likeness (QED) is 0.599. The Morgan fingerprint density at radius 3 is 2.38 bits per heavy atom. The highest BCUT2D eigenvalue weighted by atomic mass is 79.9. The number of carbonyl (C=O) groups is 1. The lowest BCUT2D eigenvalue weighted by molar-refractivity contribution is 0.101. The summed E-state index contributed by atoms with van der Waals surface area (Å²) in [7, 11) is 0. The van der Waals surface area contributed by atoms with Crippen LogP contribution >= 0.6 is 27.5 Å². The molecular formula is C17H16BrClO2. The Balaban J connectivity index is 2.36. The third-order valence-electron chi connectivity index (χ3n) is 3.15. The first kappa shape index (κ1) is 16.1. The van der Waals surface area contributed by atoms with Crippen molar-refractivity contribution in [3.63, 3.8) is 0 Å². The molecule has 4 heteroatoms. The third kappa shape index (κ3) is 3.86. The van der Waals surface area contributed by atoms with Crippen LogP contribution in [0.1, 0.15) is 42.6 Å². The normalized spacial score (nSPS) is 10.8. The fraction of sp³-hybridized carbons (Fsp3) is 0.235. The lowest BCUT2D eigenvalue weighted by Crippen LogP contribution is -1.96. The smallest absolute Gasteiger partial charge is 0.159 e. The Kier molecular flexibility index (Phi) is 5.07. The summed E-state index contributed by atoms with van der Waals surface area (Å²) in [5.41, 5.74) is 1.67. The van der Waals surface area contributed by atoms with Crippen molar-refractivity contribution in [1.82, 2.24) is 0 Å². The molecule has 0 amide bonds. The molecule has 2 rings (SSSR count). The van der Waals surface area contributed by atoms with E-state index in [9.17, 15) is 4.79 Å². The molecule has 110 valence electrons. The maximum Gasteiger partial charge on any atom is 0.159 e. The predicted octanol–water partition coefficient (Wildman–Crippen LogP) is 6.22. The standard InChI is InChI=1S/C17H16BrClO2/c1-10(2)14-9-13(18)5-7-16(14)21-17-6-4-12(11(3)20)8-15(17)19/h4-10H,1-3H3. The van der Waals surface area contributed by atoms with Crippen LogP contribution in [0.2, 0.25) is 5.02 Å². The zero-order chi connectivity index (χ0) is 15.6. The zero-order valence-electron chi connectivity index (χ0n) is 12.1. The van der Waals surface area contributed by atoms with Gasteiger partial charge in [0.25, 0.3) is 0 Å². The second kappa shape index (κ2) is 6.63. The molecule has 0 aliphatic rings.